The molecule has 1 aliphatic heterocycles. The smallest absolute Gasteiger partial charge is 0.224 e. The highest BCUT2D eigenvalue weighted by Gasteiger charge is 2.14. The van der Waals surface area contributed by atoms with Crippen LogP contribution in [-0.2, 0) is 11.2 Å². The lowest BCUT2D eigenvalue weighted by molar-refractivity contribution is -0.116. The van der Waals surface area contributed by atoms with Gasteiger partial charge in [-0.25, -0.2) is 0 Å². The molecule has 1 saturated heterocycles. The predicted molar refractivity (Wildman–Crippen MR) is 109 cm³/mol. The number of hydrogen-bond acceptors (Lipinski definition) is 4. The number of methoxy groups -OCH3 is 2. The van der Waals surface area contributed by atoms with Crippen LogP contribution in [0.4, 0.5) is 11.4 Å². The van der Waals surface area contributed by atoms with Crippen molar-refractivity contribution in [3.8, 4) is 11.5 Å². The van der Waals surface area contributed by atoms with Gasteiger partial charge in [0, 0.05) is 37.0 Å². The molecule has 0 radical (unpaired) electrons. The lowest BCUT2D eigenvalue weighted by Crippen LogP contribution is -2.18. The molecule has 3 rings (SSSR count). The van der Waals surface area contributed by atoms with Crippen LogP contribution < -0.4 is 19.7 Å². The molecule has 27 heavy (non-hydrogen) atoms. The summed E-state index contributed by atoms with van der Waals surface area (Å²) in [4.78, 5) is 14.8. The first-order chi connectivity index (χ1) is 13.1. The molecule has 144 valence electrons. The Morgan fingerprint density at radius 2 is 1.70 bits per heavy atom. The first kappa shape index (κ1) is 19.1. The standard InChI is InChI=1S/C22H28N2O3/c1-16-12-18(24-10-4-5-11-24)7-8-21(16)23-22(25)9-6-17-13-19(26-2)15-20(14-17)27-3/h7-8,12-15H,4-6,9-11H2,1-3H3,(H,23,25). The first-order valence-electron chi connectivity index (χ1n) is 9.46. The van der Waals surface area contributed by atoms with Crippen molar-refractivity contribution < 1.29 is 14.3 Å². The lowest BCUT2D eigenvalue weighted by atomic mass is 10.1. The third-order valence-electron chi connectivity index (χ3n) is 5.01. The second kappa shape index (κ2) is 8.80. The highest BCUT2D eigenvalue weighted by Crippen LogP contribution is 2.26. The number of rotatable bonds is 7. The molecule has 5 heteroatoms. The molecule has 0 bridgehead atoms. The van der Waals surface area contributed by atoms with Gasteiger partial charge in [-0.05, 0) is 67.6 Å². The van der Waals surface area contributed by atoms with Crippen molar-refractivity contribution in [1.82, 2.24) is 0 Å². The molecule has 0 spiro atoms. The minimum absolute atomic E-state index is 0.00816. The maximum atomic E-state index is 12.4. The molecule has 1 N–H and O–H groups in total. The van der Waals surface area contributed by atoms with Gasteiger partial charge < -0.3 is 19.7 Å². The van der Waals surface area contributed by atoms with E-state index in [2.05, 4.69) is 22.3 Å². The number of nitrogens with zero attached hydrogens (tertiary/aromatic N) is 1. The Bertz CT molecular complexity index is 776. The molecule has 0 aliphatic carbocycles. The summed E-state index contributed by atoms with van der Waals surface area (Å²) in [6.07, 6.45) is 3.55. The van der Waals surface area contributed by atoms with Gasteiger partial charge in [0.2, 0.25) is 5.91 Å². The molecule has 0 aromatic heterocycles. The molecule has 1 fully saturated rings. The minimum Gasteiger partial charge on any atom is -0.497 e. The van der Waals surface area contributed by atoms with Gasteiger partial charge in [0.15, 0.2) is 0 Å². The van der Waals surface area contributed by atoms with E-state index in [1.54, 1.807) is 14.2 Å². The van der Waals surface area contributed by atoms with Crippen LogP contribution in [0.15, 0.2) is 36.4 Å². The molecule has 5 nitrogen and oxygen atoms in total. The molecular formula is C22H28N2O3. The van der Waals surface area contributed by atoms with E-state index in [9.17, 15) is 4.79 Å². The second-order valence-electron chi connectivity index (χ2n) is 6.96. The van der Waals surface area contributed by atoms with E-state index < -0.39 is 0 Å². The van der Waals surface area contributed by atoms with E-state index >= 15 is 0 Å². The number of carbonyl (C=O) groups excluding carboxylic acids is 1. The topological polar surface area (TPSA) is 50.8 Å². The van der Waals surface area contributed by atoms with Crippen molar-refractivity contribution in [1.29, 1.82) is 0 Å². The summed E-state index contributed by atoms with van der Waals surface area (Å²) in [5.41, 5.74) is 4.23. The maximum absolute atomic E-state index is 12.4. The Kier molecular flexibility index (Phi) is 6.22. The molecule has 1 amide bonds. The summed E-state index contributed by atoms with van der Waals surface area (Å²) in [6.45, 7) is 4.28. The number of carbonyl (C=O) groups is 1. The van der Waals surface area contributed by atoms with Crippen molar-refractivity contribution in [2.75, 3.05) is 37.5 Å². The van der Waals surface area contributed by atoms with E-state index in [1.165, 1.54) is 18.5 Å². The summed E-state index contributed by atoms with van der Waals surface area (Å²) in [5, 5.41) is 3.04. The summed E-state index contributed by atoms with van der Waals surface area (Å²) in [7, 11) is 3.25. The van der Waals surface area contributed by atoms with E-state index in [0.29, 0.717) is 12.8 Å². The zero-order valence-corrected chi connectivity index (χ0v) is 16.4. The summed E-state index contributed by atoms with van der Waals surface area (Å²) < 4.78 is 10.6. The van der Waals surface area contributed by atoms with Crippen LogP contribution in [0.5, 0.6) is 11.5 Å². The highest BCUT2D eigenvalue weighted by atomic mass is 16.5. The highest BCUT2D eigenvalue weighted by molar-refractivity contribution is 5.91. The molecule has 0 atom stereocenters. The van der Waals surface area contributed by atoms with Crippen LogP contribution in [-0.4, -0.2) is 33.2 Å². The van der Waals surface area contributed by atoms with Gasteiger partial charge in [0.25, 0.3) is 0 Å². The Morgan fingerprint density at radius 3 is 2.30 bits per heavy atom. The SMILES string of the molecule is COc1cc(CCC(=O)Nc2ccc(N3CCCC3)cc2C)cc(OC)c1. The number of hydrogen-bond donors (Lipinski definition) is 1. The summed E-state index contributed by atoms with van der Waals surface area (Å²) in [5.74, 6) is 1.48. The van der Waals surface area contributed by atoms with Crippen molar-refractivity contribution in [2.45, 2.75) is 32.6 Å². The molecular weight excluding hydrogens is 340 g/mol. The minimum atomic E-state index is 0.00816. The first-order valence-corrected chi connectivity index (χ1v) is 9.46. The molecule has 1 aliphatic rings. The van der Waals surface area contributed by atoms with Gasteiger partial charge in [0.1, 0.15) is 11.5 Å². The fourth-order valence-electron chi connectivity index (χ4n) is 3.44. The van der Waals surface area contributed by atoms with Crippen molar-refractivity contribution in [3.05, 3.63) is 47.5 Å². The number of nitrogens with one attached hydrogen (secondary N) is 1. The zero-order valence-electron chi connectivity index (χ0n) is 16.4. The fourth-order valence-corrected chi connectivity index (χ4v) is 3.44. The van der Waals surface area contributed by atoms with Gasteiger partial charge >= 0.3 is 0 Å². The van der Waals surface area contributed by atoms with Gasteiger partial charge in [-0.1, -0.05) is 0 Å². The summed E-state index contributed by atoms with van der Waals surface area (Å²) in [6, 6.07) is 12.0. The van der Waals surface area contributed by atoms with E-state index in [0.717, 1.165) is 41.4 Å². The maximum Gasteiger partial charge on any atom is 0.224 e. The zero-order chi connectivity index (χ0) is 19.2. The van der Waals surface area contributed by atoms with Gasteiger partial charge in [0.05, 0.1) is 14.2 Å². The lowest BCUT2D eigenvalue weighted by Gasteiger charge is -2.19. The third-order valence-corrected chi connectivity index (χ3v) is 5.01. The van der Waals surface area contributed by atoms with Gasteiger partial charge in [-0.2, -0.15) is 0 Å². The van der Waals surface area contributed by atoms with E-state index in [1.807, 2.05) is 31.2 Å². The number of anilines is 2. The van der Waals surface area contributed by atoms with Crippen LogP contribution in [0.1, 0.15) is 30.4 Å². The number of ether oxygens (including phenoxy) is 2. The van der Waals surface area contributed by atoms with Crippen molar-refractivity contribution >= 4 is 17.3 Å². The number of amides is 1. The number of benzene rings is 2. The Balaban J connectivity index is 1.59. The average Bonchev–Trinajstić information content (AvgIpc) is 3.22. The molecule has 2 aromatic rings. The van der Waals surface area contributed by atoms with Crippen LogP contribution in [0.3, 0.4) is 0 Å². The van der Waals surface area contributed by atoms with Crippen molar-refractivity contribution in [3.63, 3.8) is 0 Å². The van der Waals surface area contributed by atoms with E-state index in [-0.39, 0.29) is 5.91 Å². The Hall–Kier alpha value is -2.69. The van der Waals surface area contributed by atoms with Crippen LogP contribution in [0, 0.1) is 6.92 Å². The van der Waals surface area contributed by atoms with E-state index in [4.69, 9.17) is 9.47 Å². The largest absolute Gasteiger partial charge is 0.497 e. The Labute approximate surface area is 161 Å². The van der Waals surface area contributed by atoms with Gasteiger partial charge in [-0.15, -0.1) is 0 Å². The normalized spacial score (nSPS) is 13.5. The predicted octanol–water partition coefficient (Wildman–Crippen LogP) is 4.18. The number of aryl methyl sites for hydroxylation is 2. The molecule has 2 aromatic carbocycles. The fraction of sp³-hybridized carbons (Fsp3) is 0.409. The third kappa shape index (κ3) is 4.94. The average molecular weight is 368 g/mol. The Morgan fingerprint density at radius 1 is 1.04 bits per heavy atom. The monoisotopic (exact) mass is 368 g/mol. The molecule has 1 heterocycles. The summed E-state index contributed by atoms with van der Waals surface area (Å²) >= 11 is 0. The molecule has 0 saturated carbocycles. The molecule has 0 unspecified atom stereocenters. The van der Waals surface area contributed by atoms with Crippen molar-refractivity contribution in [2.24, 2.45) is 0 Å². The van der Waals surface area contributed by atoms with Crippen LogP contribution in [0.2, 0.25) is 0 Å². The second-order valence-corrected chi connectivity index (χ2v) is 6.96. The van der Waals surface area contributed by atoms with Gasteiger partial charge in [-0.3, -0.25) is 4.79 Å². The quantitative estimate of drug-likeness (QED) is 0.796. The van der Waals surface area contributed by atoms with Crippen LogP contribution in [0.25, 0.3) is 0 Å². The van der Waals surface area contributed by atoms with Crippen LogP contribution >= 0.6 is 0 Å².